The lowest BCUT2D eigenvalue weighted by molar-refractivity contribution is -0.0522. The molecule has 0 aliphatic heterocycles. The number of hydrogen-bond acceptors (Lipinski definition) is 4. The van der Waals surface area contributed by atoms with E-state index in [4.69, 9.17) is 5.73 Å². The number of nitrogens with two attached hydrogens (primary N) is 1. The molecule has 0 aromatic heterocycles. The molecular formula is C31H64Cl4N4. The highest BCUT2D eigenvalue weighted by molar-refractivity contribution is 5.86. The van der Waals surface area contributed by atoms with E-state index in [0.717, 1.165) is 74.8 Å². The van der Waals surface area contributed by atoms with Gasteiger partial charge in [-0.1, -0.05) is 27.7 Å². The van der Waals surface area contributed by atoms with Crippen molar-refractivity contribution in [3.8, 4) is 0 Å². The van der Waals surface area contributed by atoms with Gasteiger partial charge in [0.25, 0.3) is 0 Å². The first-order chi connectivity index (χ1) is 16.8. The molecule has 4 nitrogen and oxygen atoms in total. The van der Waals surface area contributed by atoms with Crippen molar-refractivity contribution < 1.29 is 0 Å². The molecule has 39 heavy (non-hydrogen) atoms. The molecule has 0 saturated heterocycles. The molecule has 0 amide bonds. The third kappa shape index (κ3) is 10.0. The Morgan fingerprint density at radius 1 is 0.590 bits per heavy atom. The van der Waals surface area contributed by atoms with Crippen molar-refractivity contribution in [3.05, 3.63) is 0 Å². The Bertz CT molecular complexity index is 590. The van der Waals surface area contributed by atoms with Gasteiger partial charge in [-0.3, -0.25) is 0 Å². The number of hydrogen-bond donors (Lipinski definition) is 4. The Morgan fingerprint density at radius 2 is 0.974 bits per heavy atom. The summed E-state index contributed by atoms with van der Waals surface area (Å²) in [6.45, 7) is 16.3. The van der Waals surface area contributed by atoms with Crippen LogP contribution in [-0.2, 0) is 0 Å². The smallest absolute Gasteiger partial charge is 0.00793 e. The van der Waals surface area contributed by atoms with E-state index in [1.165, 1.54) is 77.0 Å². The number of halogens is 4. The molecular weight excluding hydrogens is 570 g/mol. The van der Waals surface area contributed by atoms with E-state index in [9.17, 15) is 0 Å². The van der Waals surface area contributed by atoms with Crippen LogP contribution in [0.25, 0.3) is 0 Å². The molecule has 2 unspecified atom stereocenters. The molecule has 5 N–H and O–H groups in total. The van der Waals surface area contributed by atoms with Crippen LogP contribution < -0.4 is 21.7 Å². The van der Waals surface area contributed by atoms with E-state index in [2.05, 4.69) is 43.6 Å². The quantitative estimate of drug-likeness (QED) is 0.143. The van der Waals surface area contributed by atoms with Crippen LogP contribution in [0.4, 0.5) is 0 Å². The van der Waals surface area contributed by atoms with Gasteiger partial charge in [0.2, 0.25) is 0 Å². The normalized spacial score (nSPS) is 32.2. The molecule has 6 aliphatic rings. The van der Waals surface area contributed by atoms with Crippen molar-refractivity contribution in [3.63, 3.8) is 0 Å². The van der Waals surface area contributed by atoms with Crippen LogP contribution >= 0.6 is 49.6 Å². The summed E-state index contributed by atoms with van der Waals surface area (Å²) in [7, 11) is 0. The molecule has 0 aromatic rings. The molecule has 6 rings (SSSR count). The fourth-order valence-corrected chi connectivity index (χ4v) is 9.57. The highest BCUT2D eigenvalue weighted by Crippen LogP contribution is 2.58. The van der Waals surface area contributed by atoms with Gasteiger partial charge in [0.05, 0.1) is 0 Å². The van der Waals surface area contributed by atoms with Crippen LogP contribution in [0, 0.1) is 46.3 Å². The Hall–Kier alpha value is 1.00. The van der Waals surface area contributed by atoms with Crippen LogP contribution in [0.5, 0.6) is 0 Å². The standard InChI is InChI=1S/C31H60N4.4ClH/c1-30(2)25-9-5-23(6-10-25)28(30)15-13-27(35-22-21-34-20-19-33-18-17-32)14-16-29-24-7-11-26(12-8-24)31(29,3)4;;;;/h23-29,33-35H,5-22,32H2,1-4H3;4*1H. The molecule has 6 saturated carbocycles. The summed E-state index contributed by atoms with van der Waals surface area (Å²) in [6, 6.07) is 0.694. The van der Waals surface area contributed by atoms with Crippen molar-refractivity contribution in [2.24, 2.45) is 52.1 Å². The number of fused-ring (bicyclic) bond motifs is 6. The van der Waals surface area contributed by atoms with Crippen molar-refractivity contribution in [1.29, 1.82) is 0 Å². The van der Waals surface area contributed by atoms with E-state index in [1.54, 1.807) is 0 Å². The van der Waals surface area contributed by atoms with Gasteiger partial charge >= 0.3 is 0 Å². The summed E-state index contributed by atoms with van der Waals surface area (Å²) >= 11 is 0. The molecule has 0 spiro atoms. The molecule has 0 heterocycles. The van der Waals surface area contributed by atoms with Crippen LogP contribution in [0.1, 0.15) is 105 Å². The predicted octanol–water partition coefficient (Wildman–Crippen LogP) is 7.25. The minimum absolute atomic E-state index is 0. The second-order valence-corrected chi connectivity index (χ2v) is 14.2. The predicted molar refractivity (Wildman–Crippen MR) is 179 cm³/mol. The van der Waals surface area contributed by atoms with E-state index >= 15 is 0 Å². The van der Waals surface area contributed by atoms with Gasteiger partial charge in [0.15, 0.2) is 0 Å². The molecule has 6 fully saturated rings. The summed E-state index contributed by atoms with van der Waals surface area (Å²) in [4.78, 5) is 0. The minimum atomic E-state index is 0. The van der Waals surface area contributed by atoms with Gasteiger partial charge in [0, 0.05) is 45.3 Å². The van der Waals surface area contributed by atoms with Crippen LogP contribution in [0.3, 0.4) is 0 Å². The second-order valence-electron chi connectivity index (χ2n) is 14.2. The Balaban J connectivity index is 0.00000361. The zero-order valence-corrected chi connectivity index (χ0v) is 28.7. The summed E-state index contributed by atoms with van der Waals surface area (Å²) in [5.41, 5.74) is 6.70. The molecule has 2 atom stereocenters. The summed E-state index contributed by atoms with van der Waals surface area (Å²) < 4.78 is 0. The Morgan fingerprint density at radius 3 is 1.36 bits per heavy atom. The van der Waals surface area contributed by atoms with E-state index in [-0.39, 0.29) is 49.6 Å². The van der Waals surface area contributed by atoms with Crippen molar-refractivity contribution in [1.82, 2.24) is 16.0 Å². The van der Waals surface area contributed by atoms with E-state index in [1.807, 2.05) is 0 Å². The number of rotatable bonds is 15. The zero-order valence-electron chi connectivity index (χ0n) is 25.5. The first-order valence-electron chi connectivity index (χ1n) is 15.7. The van der Waals surface area contributed by atoms with Gasteiger partial charge in [-0.15, -0.1) is 49.6 Å². The highest BCUT2D eigenvalue weighted by Gasteiger charge is 2.49. The lowest BCUT2D eigenvalue weighted by Gasteiger charge is -2.55. The number of nitrogens with one attached hydrogen (secondary N) is 3. The summed E-state index contributed by atoms with van der Waals surface area (Å²) in [5, 5.41) is 11.0. The molecule has 0 radical (unpaired) electrons. The van der Waals surface area contributed by atoms with Gasteiger partial charge in [-0.2, -0.15) is 0 Å². The molecule has 0 aromatic carbocycles. The highest BCUT2D eigenvalue weighted by atomic mass is 35.5. The Kier molecular flexibility index (Phi) is 19.1. The van der Waals surface area contributed by atoms with Crippen molar-refractivity contribution >= 4 is 49.6 Å². The van der Waals surface area contributed by atoms with Crippen LogP contribution in [0.2, 0.25) is 0 Å². The van der Waals surface area contributed by atoms with Gasteiger partial charge in [-0.05, 0) is 123 Å². The van der Waals surface area contributed by atoms with Gasteiger partial charge in [-0.25, -0.2) is 0 Å². The van der Waals surface area contributed by atoms with Gasteiger partial charge in [0.1, 0.15) is 0 Å². The fourth-order valence-electron chi connectivity index (χ4n) is 9.57. The third-order valence-electron chi connectivity index (χ3n) is 11.9. The first-order valence-corrected chi connectivity index (χ1v) is 15.7. The SMILES string of the molecule is CC1(C)C2CCC(CC2)C1CCC(CCC1C2CCC(CC2)C1(C)C)NCCNCCNCCN.Cl.Cl.Cl.Cl. The largest absolute Gasteiger partial charge is 0.329 e. The maximum atomic E-state index is 5.57. The van der Waals surface area contributed by atoms with E-state index < -0.39 is 0 Å². The summed E-state index contributed by atoms with van der Waals surface area (Å²) in [5.74, 6) is 5.89. The molecule has 4 bridgehead atoms. The average molecular weight is 635 g/mol. The monoisotopic (exact) mass is 632 g/mol. The maximum absolute atomic E-state index is 5.57. The molecule has 8 heteroatoms. The third-order valence-corrected chi connectivity index (χ3v) is 11.9. The maximum Gasteiger partial charge on any atom is 0.00793 e. The molecule has 6 aliphatic carbocycles. The van der Waals surface area contributed by atoms with E-state index in [0.29, 0.717) is 16.9 Å². The fraction of sp³-hybridized carbons (Fsp3) is 1.00. The zero-order chi connectivity index (χ0) is 24.9. The first kappa shape index (κ1) is 40.0. The lowest BCUT2D eigenvalue weighted by atomic mass is 9.50. The van der Waals surface area contributed by atoms with Crippen molar-refractivity contribution in [2.75, 3.05) is 39.3 Å². The molecule has 236 valence electrons. The Labute approximate surface area is 266 Å². The van der Waals surface area contributed by atoms with Crippen LogP contribution in [-0.4, -0.2) is 45.3 Å². The van der Waals surface area contributed by atoms with Crippen LogP contribution in [0.15, 0.2) is 0 Å². The lowest BCUT2D eigenvalue weighted by Crippen LogP contribution is -2.47. The summed E-state index contributed by atoms with van der Waals surface area (Å²) in [6.07, 6.45) is 17.7. The minimum Gasteiger partial charge on any atom is -0.329 e. The van der Waals surface area contributed by atoms with Gasteiger partial charge < -0.3 is 21.7 Å². The topological polar surface area (TPSA) is 62.1 Å². The second kappa shape index (κ2) is 18.6. The van der Waals surface area contributed by atoms with Crippen molar-refractivity contribution in [2.45, 2.75) is 111 Å². The average Bonchev–Trinajstić information content (AvgIpc) is 2.84.